The number of hydrogen-bond acceptors (Lipinski definition) is 6. The van der Waals surface area contributed by atoms with E-state index in [1.54, 1.807) is 42.5 Å². The third-order valence-electron chi connectivity index (χ3n) is 5.00. The van der Waals surface area contributed by atoms with E-state index in [2.05, 4.69) is 5.32 Å². The zero-order chi connectivity index (χ0) is 23.6. The first-order valence-electron chi connectivity index (χ1n) is 9.83. The molecule has 33 heavy (non-hydrogen) atoms. The Morgan fingerprint density at radius 1 is 1.06 bits per heavy atom. The summed E-state index contributed by atoms with van der Waals surface area (Å²) in [5.41, 5.74) is 0.604. The van der Waals surface area contributed by atoms with E-state index in [0.717, 1.165) is 4.31 Å². The van der Waals surface area contributed by atoms with Crippen molar-refractivity contribution in [3.8, 4) is 5.75 Å². The van der Waals surface area contributed by atoms with Gasteiger partial charge in [0, 0.05) is 5.02 Å². The molecule has 1 aliphatic heterocycles. The van der Waals surface area contributed by atoms with E-state index < -0.39 is 28.0 Å². The number of esters is 1. The minimum Gasteiger partial charge on any atom is -0.476 e. The van der Waals surface area contributed by atoms with Crippen molar-refractivity contribution in [3.05, 3.63) is 83.4 Å². The maximum atomic E-state index is 13.4. The molecule has 0 saturated heterocycles. The van der Waals surface area contributed by atoms with Crippen molar-refractivity contribution in [2.24, 2.45) is 0 Å². The predicted molar refractivity (Wildman–Crippen MR) is 123 cm³/mol. The lowest BCUT2D eigenvalue weighted by Gasteiger charge is -2.35. The predicted octanol–water partition coefficient (Wildman–Crippen LogP) is 3.72. The number of nitrogens with zero attached hydrogens (tertiary/aromatic N) is 1. The number of hydrogen-bond donors (Lipinski definition) is 1. The lowest BCUT2D eigenvalue weighted by atomic mass is 10.1. The van der Waals surface area contributed by atoms with Crippen LogP contribution in [0.1, 0.15) is 10.4 Å². The van der Waals surface area contributed by atoms with Gasteiger partial charge in [0.2, 0.25) is 0 Å². The van der Waals surface area contributed by atoms with Crippen LogP contribution in [0.5, 0.6) is 5.75 Å². The molecule has 0 spiro atoms. The molecule has 1 amide bonds. The minimum atomic E-state index is -4.02. The maximum Gasteiger partial charge on any atom is 0.339 e. The molecule has 0 saturated carbocycles. The fourth-order valence-electron chi connectivity index (χ4n) is 3.40. The van der Waals surface area contributed by atoms with E-state index in [9.17, 15) is 18.0 Å². The van der Waals surface area contributed by atoms with Crippen LogP contribution in [0.2, 0.25) is 5.02 Å². The van der Waals surface area contributed by atoms with Crippen LogP contribution in [0.4, 0.5) is 11.4 Å². The number of fused-ring (bicyclic) bond motifs is 1. The number of rotatable bonds is 5. The third kappa shape index (κ3) is 4.50. The molecule has 8 nitrogen and oxygen atoms in total. The maximum absolute atomic E-state index is 13.4. The van der Waals surface area contributed by atoms with Gasteiger partial charge in [0.25, 0.3) is 15.9 Å². The van der Waals surface area contributed by atoms with Crippen LogP contribution in [-0.4, -0.2) is 40.1 Å². The van der Waals surface area contributed by atoms with Gasteiger partial charge in [-0.1, -0.05) is 41.9 Å². The molecular weight excluding hydrogens is 468 g/mol. The summed E-state index contributed by atoms with van der Waals surface area (Å²) in [5, 5.41) is 2.96. The summed E-state index contributed by atoms with van der Waals surface area (Å²) in [6.07, 6.45) is -1.19. The fourth-order valence-corrected chi connectivity index (χ4v) is 5.06. The summed E-state index contributed by atoms with van der Waals surface area (Å²) in [5.74, 6) is -1.06. The van der Waals surface area contributed by atoms with Crippen LogP contribution in [0, 0.1) is 0 Å². The molecule has 10 heteroatoms. The highest BCUT2D eigenvalue weighted by Crippen LogP contribution is 2.39. The second kappa shape index (κ2) is 9.13. The van der Waals surface area contributed by atoms with Gasteiger partial charge in [-0.15, -0.1) is 0 Å². The van der Waals surface area contributed by atoms with Crippen molar-refractivity contribution >= 4 is 44.9 Å². The van der Waals surface area contributed by atoms with Crippen LogP contribution >= 0.6 is 11.6 Å². The van der Waals surface area contributed by atoms with Gasteiger partial charge in [-0.2, -0.15) is 0 Å². The highest BCUT2D eigenvalue weighted by Gasteiger charge is 2.38. The molecule has 3 aromatic carbocycles. The quantitative estimate of drug-likeness (QED) is 0.551. The first-order valence-corrected chi connectivity index (χ1v) is 11.7. The Bertz CT molecular complexity index is 1310. The molecule has 0 radical (unpaired) electrons. The summed E-state index contributed by atoms with van der Waals surface area (Å²) in [4.78, 5) is 25.2. The molecule has 0 unspecified atom stereocenters. The smallest absolute Gasteiger partial charge is 0.339 e. The molecule has 3 aromatic rings. The van der Waals surface area contributed by atoms with E-state index in [4.69, 9.17) is 21.1 Å². The Morgan fingerprint density at radius 3 is 2.48 bits per heavy atom. The van der Waals surface area contributed by atoms with E-state index in [-0.39, 0.29) is 34.1 Å². The average Bonchev–Trinajstić information content (AvgIpc) is 2.83. The van der Waals surface area contributed by atoms with Crippen LogP contribution in [-0.2, 0) is 19.6 Å². The number of amides is 1. The Kier molecular flexibility index (Phi) is 6.26. The van der Waals surface area contributed by atoms with Gasteiger partial charge in [-0.3, -0.25) is 9.10 Å². The summed E-state index contributed by atoms with van der Waals surface area (Å²) >= 11 is 6.11. The molecule has 4 rings (SSSR count). The monoisotopic (exact) mass is 486 g/mol. The van der Waals surface area contributed by atoms with Crippen molar-refractivity contribution in [2.45, 2.75) is 11.0 Å². The van der Waals surface area contributed by atoms with Crippen molar-refractivity contribution in [1.29, 1.82) is 0 Å². The number of sulfonamides is 1. The van der Waals surface area contributed by atoms with Gasteiger partial charge < -0.3 is 14.8 Å². The summed E-state index contributed by atoms with van der Waals surface area (Å²) in [6, 6.07) is 18.7. The molecule has 0 fully saturated rings. The number of ether oxygens (including phenoxy) is 2. The number of carbonyl (C=O) groups excluding carboxylic acids is 2. The molecule has 1 aliphatic rings. The number of methoxy groups -OCH3 is 1. The second-order valence-corrected chi connectivity index (χ2v) is 9.39. The molecule has 170 valence electrons. The standard InChI is InChI=1S/C23H19ClN2O6S/c1-31-23(28)17-9-5-6-10-18(17)25-22(27)21-14-26(19-13-15(24)11-12-20(19)32-21)33(29,30)16-7-3-2-4-8-16/h2-13,21H,14H2,1H3,(H,25,27)/t21-/m1/s1. The topological polar surface area (TPSA) is 102 Å². The molecule has 0 aliphatic carbocycles. The van der Waals surface area contributed by atoms with Crippen LogP contribution in [0.3, 0.4) is 0 Å². The Morgan fingerprint density at radius 2 is 1.76 bits per heavy atom. The minimum absolute atomic E-state index is 0.0630. The number of benzene rings is 3. The number of para-hydroxylation sites is 1. The van der Waals surface area contributed by atoms with Crippen LogP contribution in [0.15, 0.2) is 77.7 Å². The molecule has 1 N–H and O–H groups in total. The van der Waals surface area contributed by atoms with Crippen molar-refractivity contribution in [2.75, 3.05) is 23.3 Å². The Hall–Kier alpha value is -3.56. The SMILES string of the molecule is COC(=O)c1ccccc1NC(=O)[C@H]1CN(S(=O)(=O)c2ccccc2)c2cc(Cl)ccc2O1. The van der Waals surface area contributed by atoms with Gasteiger partial charge >= 0.3 is 5.97 Å². The summed E-state index contributed by atoms with van der Waals surface area (Å²) < 4.78 is 38.5. The summed E-state index contributed by atoms with van der Waals surface area (Å²) in [7, 11) is -2.78. The Balaban J connectivity index is 1.69. The lowest BCUT2D eigenvalue weighted by Crippen LogP contribution is -2.49. The van der Waals surface area contributed by atoms with E-state index >= 15 is 0 Å². The van der Waals surface area contributed by atoms with Crippen LogP contribution in [0.25, 0.3) is 0 Å². The highest BCUT2D eigenvalue weighted by molar-refractivity contribution is 7.92. The van der Waals surface area contributed by atoms with Gasteiger partial charge in [0.05, 0.1) is 35.5 Å². The summed E-state index contributed by atoms with van der Waals surface area (Å²) in [6.45, 7) is -0.295. The van der Waals surface area contributed by atoms with Crippen molar-refractivity contribution in [1.82, 2.24) is 0 Å². The molecule has 1 heterocycles. The Labute approximate surface area is 195 Å². The van der Waals surface area contributed by atoms with Crippen molar-refractivity contribution in [3.63, 3.8) is 0 Å². The molecule has 0 bridgehead atoms. The second-order valence-electron chi connectivity index (χ2n) is 7.09. The van der Waals surface area contributed by atoms with E-state index in [1.165, 1.54) is 37.4 Å². The average molecular weight is 487 g/mol. The van der Waals surface area contributed by atoms with Crippen molar-refractivity contribution < 1.29 is 27.5 Å². The van der Waals surface area contributed by atoms with Gasteiger partial charge in [-0.25, -0.2) is 13.2 Å². The number of nitrogens with one attached hydrogen (secondary N) is 1. The number of carbonyl (C=O) groups is 2. The fraction of sp³-hybridized carbons (Fsp3) is 0.130. The van der Waals surface area contributed by atoms with E-state index in [1.807, 2.05) is 0 Å². The third-order valence-corrected chi connectivity index (χ3v) is 7.03. The van der Waals surface area contributed by atoms with Gasteiger partial charge in [0.1, 0.15) is 5.75 Å². The first-order chi connectivity index (χ1) is 15.8. The normalized spacial score (nSPS) is 15.2. The zero-order valence-corrected chi connectivity index (χ0v) is 19.0. The molecule has 1 atom stereocenters. The van der Waals surface area contributed by atoms with E-state index in [0.29, 0.717) is 5.02 Å². The zero-order valence-electron chi connectivity index (χ0n) is 17.4. The highest BCUT2D eigenvalue weighted by atomic mass is 35.5. The number of anilines is 2. The molecular formula is C23H19ClN2O6S. The van der Waals surface area contributed by atoms with Gasteiger partial charge in [0.15, 0.2) is 6.10 Å². The molecule has 0 aromatic heterocycles. The largest absolute Gasteiger partial charge is 0.476 e. The first kappa shape index (κ1) is 22.6. The van der Waals surface area contributed by atoms with Gasteiger partial charge in [-0.05, 0) is 42.5 Å². The lowest BCUT2D eigenvalue weighted by molar-refractivity contribution is -0.122. The number of halogens is 1. The van der Waals surface area contributed by atoms with Crippen LogP contribution < -0.4 is 14.4 Å².